The van der Waals surface area contributed by atoms with Gasteiger partial charge in [-0.15, -0.1) is 0 Å². The van der Waals surface area contributed by atoms with Gasteiger partial charge in [0.1, 0.15) is 0 Å². The number of nitriles is 1. The monoisotopic (exact) mass is 162 g/mol. The minimum absolute atomic E-state index is 0.343. The van der Waals surface area contributed by atoms with E-state index >= 15 is 0 Å². The van der Waals surface area contributed by atoms with Crippen LogP contribution in [0.1, 0.15) is 11.4 Å². The maximum absolute atomic E-state index is 8.24. The van der Waals surface area contributed by atoms with Crippen molar-refractivity contribution in [2.24, 2.45) is 0 Å². The molecule has 0 amide bonds. The van der Waals surface area contributed by atoms with E-state index in [9.17, 15) is 0 Å². The number of aromatic nitrogens is 2. The standard InChI is InChI=1S/C8H10N4/c1-7-4-12-8(6-11-7)5-10-3-2-9/h4,6,10H,3,5H2,1H3. The van der Waals surface area contributed by atoms with Gasteiger partial charge in [0.2, 0.25) is 0 Å². The van der Waals surface area contributed by atoms with Gasteiger partial charge in [0.05, 0.1) is 24.0 Å². The molecule has 1 heterocycles. The van der Waals surface area contributed by atoms with Crippen molar-refractivity contribution in [3.8, 4) is 6.07 Å². The minimum atomic E-state index is 0.343. The smallest absolute Gasteiger partial charge is 0.0844 e. The van der Waals surface area contributed by atoms with Crippen LogP contribution in [0.2, 0.25) is 0 Å². The summed E-state index contributed by atoms with van der Waals surface area (Å²) < 4.78 is 0. The van der Waals surface area contributed by atoms with Crippen LogP contribution in [0.5, 0.6) is 0 Å². The van der Waals surface area contributed by atoms with Crippen LogP contribution < -0.4 is 5.32 Å². The summed E-state index contributed by atoms with van der Waals surface area (Å²) in [4.78, 5) is 8.19. The molecular weight excluding hydrogens is 152 g/mol. The second kappa shape index (κ2) is 4.42. The molecule has 0 bridgehead atoms. The molecule has 0 radical (unpaired) electrons. The van der Waals surface area contributed by atoms with Crippen molar-refractivity contribution >= 4 is 0 Å². The van der Waals surface area contributed by atoms with Crippen LogP contribution in [0.25, 0.3) is 0 Å². The van der Waals surface area contributed by atoms with Crippen molar-refractivity contribution in [3.63, 3.8) is 0 Å². The quantitative estimate of drug-likeness (QED) is 0.516. The number of nitrogens with zero attached hydrogens (tertiary/aromatic N) is 3. The SMILES string of the molecule is Cc1cnc(CNCC#N)cn1. The van der Waals surface area contributed by atoms with Gasteiger partial charge in [-0.25, -0.2) is 0 Å². The molecule has 0 aliphatic heterocycles. The first-order valence-electron chi connectivity index (χ1n) is 3.68. The molecule has 0 fully saturated rings. The van der Waals surface area contributed by atoms with E-state index in [1.165, 1.54) is 0 Å². The Labute approximate surface area is 71.3 Å². The van der Waals surface area contributed by atoms with Crippen LogP contribution in [0, 0.1) is 18.3 Å². The van der Waals surface area contributed by atoms with Gasteiger partial charge in [0.15, 0.2) is 0 Å². The number of aryl methyl sites for hydroxylation is 1. The van der Waals surface area contributed by atoms with Gasteiger partial charge < -0.3 is 0 Å². The number of rotatable bonds is 3. The highest BCUT2D eigenvalue weighted by Gasteiger charge is 1.92. The fourth-order valence-corrected chi connectivity index (χ4v) is 0.757. The molecule has 4 heteroatoms. The van der Waals surface area contributed by atoms with Gasteiger partial charge in [-0.05, 0) is 6.92 Å². The maximum atomic E-state index is 8.24. The molecule has 4 nitrogen and oxygen atoms in total. The minimum Gasteiger partial charge on any atom is -0.299 e. The van der Waals surface area contributed by atoms with Gasteiger partial charge in [-0.3, -0.25) is 15.3 Å². The zero-order valence-corrected chi connectivity index (χ0v) is 6.91. The van der Waals surface area contributed by atoms with Crippen molar-refractivity contribution in [3.05, 3.63) is 23.8 Å². The Kier molecular flexibility index (Phi) is 3.17. The number of hydrogen-bond acceptors (Lipinski definition) is 4. The van der Waals surface area contributed by atoms with Gasteiger partial charge in [0.25, 0.3) is 0 Å². The Hall–Kier alpha value is -1.47. The Morgan fingerprint density at radius 3 is 2.92 bits per heavy atom. The van der Waals surface area contributed by atoms with Crippen molar-refractivity contribution in [2.75, 3.05) is 6.54 Å². The highest BCUT2D eigenvalue weighted by molar-refractivity contribution is 5.00. The summed E-state index contributed by atoms with van der Waals surface area (Å²) >= 11 is 0. The third-order valence-corrected chi connectivity index (χ3v) is 1.34. The Morgan fingerprint density at radius 1 is 1.50 bits per heavy atom. The second-order valence-electron chi connectivity index (χ2n) is 2.41. The van der Waals surface area contributed by atoms with Crippen LogP contribution in [0.15, 0.2) is 12.4 Å². The topological polar surface area (TPSA) is 61.6 Å². The molecular formula is C8H10N4. The fourth-order valence-electron chi connectivity index (χ4n) is 0.757. The first kappa shape index (κ1) is 8.62. The van der Waals surface area contributed by atoms with Crippen LogP contribution in [0.3, 0.4) is 0 Å². The molecule has 12 heavy (non-hydrogen) atoms. The summed E-state index contributed by atoms with van der Waals surface area (Å²) in [5.41, 5.74) is 1.76. The normalized spacial score (nSPS) is 9.33. The summed E-state index contributed by atoms with van der Waals surface area (Å²) in [6, 6.07) is 1.99. The van der Waals surface area contributed by atoms with Crippen molar-refractivity contribution in [2.45, 2.75) is 13.5 Å². The first-order valence-corrected chi connectivity index (χ1v) is 3.68. The van der Waals surface area contributed by atoms with E-state index in [-0.39, 0.29) is 0 Å². The molecule has 1 aromatic rings. The highest BCUT2D eigenvalue weighted by atomic mass is 14.9. The van der Waals surface area contributed by atoms with Gasteiger partial charge >= 0.3 is 0 Å². The van der Waals surface area contributed by atoms with E-state index in [0.717, 1.165) is 11.4 Å². The summed E-state index contributed by atoms with van der Waals surface area (Å²) in [7, 11) is 0. The zero-order chi connectivity index (χ0) is 8.81. The summed E-state index contributed by atoms with van der Waals surface area (Å²) in [5.74, 6) is 0. The molecule has 0 saturated heterocycles. The Morgan fingerprint density at radius 2 is 2.33 bits per heavy atom. The van der Waals surface area contributed by atoms with Gasteiger partial charge in [-0.2, -0.15) is 5.26 Å². The molecule has 1 rings (SSSR count). The van der Waals surface area contributed by atoms with Gasteiger partial charge in [0, 0.05) is 18.9 Å². The predicted molar refractivity (Wildman–Crippen MR) is 44.1 cm³/mol. The largest absolute Gasteiger partial charge is 0.299 e. The lowest BCUT2D eigenvalue weighted by molar-refractivity contribution is 0.739. The van der Waals surface area contributed by atoms with E-state index in [2.05, 4.69) is 15.3 Å². The fraction of sp³-hybridized carbons (Fsp3) is 0.375. The van der Waals surface area contributed by atoms with Crippen LogP contribution in [-0.4, -0.2) is 16.5 Å². The van der Waals surface area contributed by atoms with E-state index in [1.807, 2.05) is 13.0 Å². The summed E-state index contributed by atoms with van der Waals surface area (Å²) in [6.45, 7) is 2.83. The van der Waals surface area contributed by atoms with Crippen molar-refractivity contribution in [1.82, 2.24) is 15.3 Å². The lowest BCUT2D eigenvalue weighted by Crippen LogP contribution is -2.14. The maximum Gasteiger partial charge on any atom is 0.0844 e. The van der Waals surface area contributed by atoms with E-state index in [4.69, 9.17) is 5.26 Å². The summed E-state index contributed by atoms with van der Waals surface area (Å²) in [5, 5.41) is 11.1. The molecule has 0 aliphatic carbocycles. The predicted octanol–water partition coefficient (Wildman–Crippen LogP) is 0.398. The van der Waals surface area contributed by atoms with Crippen molar-refractivity contribution < 1.29 is 0 Å². The van der Waals surface area contributed by atoms with E-state index in [0.29, 0.717) is 13.1 Å². The molecule has 0 unspecified atom stereocenters. The summed E-state index contributed by atoms with van der Waals surface area (Å²) in [6.07, 6.45) is 3.42. The average molecular weight is 162 g/mol. The van der Waals surface area contributed by atoms with E-state index in [1.54, 1.807) is 12.4 Å². The molecule has 0 aromatic carbocycles. The molecule has 1 aromatic heterocycles. The number of nitrogens with one attached hydrogen (secondary N) is 1. The second-order valence-corrected chi connectivity index (χ2v) is 2.41. The molecule has 0 spiro atoms. The van der Waals surface area contributed by atoms with Gasteiger partial charge in [-0.1, -0.05) is 0 Å². The van der Waals surface area contributed by atoms with Crippen LogP contribution in [-0.2, 0) is 6.54 Å². The zero-order valence-electron chi connectivity index (χ0n) is 6.91. The van der Waals surface area contributed by atoms with Crippen LogP contribution in [0.4, 0.5) is 0 Å². The van der Waals surface area contributed by atoms with E-state index < -0.39 is 0 Å². The first-order chi connectivity index (χ1) is 5.83. The molecule has 0 atom stereocenters. The third-order valence-electron chi connectivity index (χ3n) is 1.34. The third kappa shape index (κ3) is 2.64. The molecule has 0 saturated carbocycles. The molecule has 1 N–H and O–H groups in total. The average Bonchev–Trinajstić information content (AvgIpc) is 2.09. The van der Waals surface area contributed by atoms with Crippen molar-refractivity contribution in [1.29, 1.82) is 5.26 Å². The highest BCUT2D eigenvalue weighted by Crippen LogP contribution is 1.92. The number of hydrogen-bond donors (Lipinski definition) is 1. The molecule has 62 valence electrons. The van der Waals surface area contributed by atoms with Crippen LogP contribution >= 0.6 is 0 Å². The Balaban J connectivity index is 2.43. The Bertz CT molecular complexity index is 272. The lowest BCUT2D eigenvalue weighted by Gasteiger charge is -1.98. The lowest BCUT2D eigenvalue weighted by atomic mass is 10.4. The molecule has 0 aliphatic rings.